The Labute approximate surface area is 169 Å². The van der Waals surface area contributed by atoms with Crippen molar-refractivity contribution in [3.05, 3.63) is 71.4 Å². The van der Waals surface area contributed by atoms with E-state index >= 15 is 0 Å². The van der Waals surface area contributed by atoms with Gasteiger partial charge in [0.1, 0.15) is 18.4 Å². The number of nitrogens with zero attached hydrogens (tertiary/aromatic N) is 8. The van der Waals surface area contributed by atoms with Crippen molar-refractivity contribution in [3.63, 3.8) is 0 Å². The van der Waals surface area contributed by atoms with Crippen molar-refractivity contribution < 1.29 is 13.5 Å². The van der Waals surface area contributed by atoms with Crippen LogP contribution in [-0.4, -0.2) is 34.7 Å². The summed E-state index contributed by atoms with van der Waals surface area (Å²) in [4.78, 5) is 4.02. The first-order valence-electron chi connectivity index (χ1n) is 8.76. The third-order valence-corrected chi connectivity index (χ3v) is 4.27. The monoisotopic (exact) mass is 408 g/mol. The van der Waals surface area contributed by atoms with Crippen LogP contribution in [0, 0.1) is 18.3 Å². The second-order valence-electron chi connectivity index (χ2n) is 6.22. The highest BCUT2D eigenvalue weighted by atomic mass is 19.3. The van der Waals surface area contributed by atoms with Gasteiger partial charge >= 0.3 is 0 Å². The number of aryl methyl sites for hydroxylation is 1. The Morgan fingerprint density at radius 3 is 2.57 bits per heavy atom. The Morgan fingerprint density at radius 2 is 1.93 bits per heavy atom. The fraction of sp³-hybridized carbons (Fsp3) is 0.158. The van der Waals surface area contributed by atoms with Gasteiger partial charge in [-0.3, -0.25) is 0 Å². The van der Waals surface area contributed by atoms with E-state index in [0.717, 1.165) is 6.20 Å². The summed E-state index contributed by atoms with van der Waals surface area (Å²) in [7, 11) is 0. The van der Waals surface area contributed by atoms with E-state index in [1.165, 1.54) is 16.8 Å². The summed E-state index contributed by atoms with van der Waals surface area (Å²) in [5.74, 6) is 1.16. The number of alkyl halides is 2. The fourth-order valence-corrected chi connectivity index (χ4v) is 2.65. The van der Waals surface area contributed by atoms with Crippen LogP contribution < -0.4 is 4.74 Å². The first-order valence-corrected chi connectivity index (χ1v) is 8.76. The molecule has 0 aliphatic heterocycles. The van der Waals surface area contributed by atoms with Crippen LogP contribution in [0.1, 0.15) is 28.9 Å². The third-order valence-electron chi connectivity index (χ3n) is 4.27. The zero-order chi connectivity index (χ0) is 21.1. The molecule has 0 aromatic carbocycles. The molecule has 11 heteroatoms. The standard InChI is InChI=1S/C19H14F2N8O/c1-12-15(29(27-24-12)16-3-2-14(9-23-16)19(20)21)11-30-18-5-4-17(25-26-18)28-7-6-13(8-22)10-28/h2-7,9-10,19H,11H2,1H3. The van der Waals surface area contributed by atoms with Crippen molar-refractivity contribution in [2.24, 2.45) is 0 Å². The largest absolute Gasteiger partial charge is 0.470 e. The minimum Gasteiger partial charge on any atom is -0.470 e. The molecule has 4 aromatic heterocycles. The molecule has 9 nitrogen and oxygen atoms in total. The molecule has 4 heterocycles. The van der Waals surface area contributed by atoms with Crippen molar-refractivity contribution in [2.45, 2.75) is 20.0 Å². The molecule has 4 rings (SSSR count). The molecule has 0 N–H and O–H groups in total. The first-order chi connectivity index (χ1) is 14.5. The average Bonchev–Trinajstić information content (AvgIpc) is 3.39. The van der Waals surface area contributed by atoms with Gasteiger partial charge in [-0.2, -0.15) is 9.94 Å². The van der Waals surface area contributed by atoms with Crippen molar-refractivity contribution in [1.29, 1.82) is 5.26 Å². The zero-order valence-electron chi connectivity index (χ0n) is 15.6. The van der Waals surface area contributed by atoms with Gasteiger partial charge in [-0.05, 0) is 31.2 Å². The second-order valence-corrected chi connectivity index (χ2v) is 6.22. The number of hydrogen-bond acceptors (Lipinski definition) is 7. The Bertz CT molecular complexity index is 1190. The van der Waals surface area contributed by atoms with Crippen LogP contribution in [0.2, 0.25) is 0 Å². The van der Waals surface area contributed by atoms with Gasteiger partial charge < -0.3 is 9.30 Å². The zero-order valence-corrected chi connectivity index (χ0v) is 15.6. The number of aromatic nitrogens is 7. The molecule has 0 bridgehead atoms. The van der Waals surface area contributed by atoms with Gasteiger partial charge in [0.05, 0.1) is 11.3 Å². The number of nitriles is 1. The Kier molecular flexibility index (Phi) is 5.13. The van der Waals surface area contributed by atoms with E-state index < -0.39 is 6.43 Å². The summed E-state index contributed by atoms with van der Waals surface area (Å²) in [5, 5.41) is 25.0. The third kappa shape index (κ3) is 3.83. The molecule has 0 saturated carbocycles. The van der Waals surface area contributed by atoms with Crippen LogP contribution in [-0.2, 0) is 6.61 Å². The molecule has 0 spiro atoms. The lowest BCUT2D eigenvalue weighted by Gasteiger charge is -2.09. The molecular formula is C19H14F2N8O. The van der Waals surface area contributed by atoms with Gasteiger partial charge in [0.15, 0.2) is 11.6 Å². The minimum absolute atomic E-state index is 0.0766. The van der Waals surface area contributed by atoms with E-state index in [1.807, 2.05) is 6.07 Å². The molecule has 0 saturated heterocycles. The number of rotatable bonds is 6. The summed E-state index contributed by atoms with van der Waals surface area (Å²) in [6.45, 7) is 1.83. The van der Waals surface area contributed by atoms with Crippen LogP contribution in [0.25, 0.3) is 11.6 Å². The van der Waals surface area contributed by atoms with E-state index in [1.54, 1.807) is 42.1 Å². The van der Waals surface area contributed by atoms with Crippen molar-refractivity contribution in [1.82, 2.24) is 34.7 Å². The normalized spacial score (nSPS) is 10.9. The minimum atomic E-state index is -2.59. The number of ether oxygens (including phenoxy) is 1. The van der Waals surface area contributed by atoms with Gasteiger partial charge in [0, 0.05) is 30.2 Å². The molecule has 150 valence electrons. The molecule has 0 amide bonds. The van der Waals surface area contributed by atoms with Gasteiger partial charge in [-0.1, -0.05) is 5.21 Å². The highest BCUT2D eigenvalue weighted by Crippen LogP contribution is 2.20. The van der Waals surface area contributed by atoms with E-state index in [2.05, 4.69) is 25.5 Å². The predicted molar refractivity (Wildman–Crippen MR) is 99.3 cm³/mol. The Balaban J connectivity index is 1.49. The smallest absolute Gasteiger partial charge is 0.265 e. The van der Waals surface area contributed by atoms with E-state index in [4.69, 9.17) is 10.00 Å². The lowest BCUT2D eigenvalue weighted by atomic mass is 10.3. The van der Waals surface area contributed by atoms with E-state index in [-0.39, 0.29) is 18.1 Å². The molecule has 30 heavy (non-hydrogen) atoms. The quantitative estimate of drug-likeness (QED) is 0.483. The highest BCUT2D eigenvalue weighted by molar-refractivity contribution is 5.33. The number of hydrogen-bond donors (Lipinski definition) is 0. The lowest BCUT2D eigenvalue weighted by molar-refractivity contribution is 0.151. The number of pyridine rings is 1. The van der Waals surface area contributed by atoms with Crippen LogP contribution in [0.15, 0.2) is 48.9 Å². The first kappa shape index (κ1) is 19.1. The van der Waals surface area contributed by atoms with Crippen LogP contribution in [0.4, 0.5) is 8.78 Å². The second kappa shape index (κ2) is 8.04. The van der Waals surface area contributed by atoms with Crippen molar-refractivity contribution in [2.75, 3.05) is 0 Å². The van der Waals surface area contributed by atoms with Gasteiger partial charge in [-0.15, -0.1) is 15.3 Å². The van der Waals surface area contributed by atoms with Crippen LogP contribution >= 0.6 is 0 Å². The summed E-state index contributed by atoms with van der Waals surface area (Å²) in [6.07, 6.45) is 1.87. The summed E-state index contributed by atoms with van der Waals surface area (Å²) in [5.41, 5.74) is 1.55. The fourth-order valence-electron chi connectivity index (χ4n) is 2.65. The summed E-state index contributed by atoms with van der Waals surface area (Å²) >= 11 is 0. The maximum atomic E-state index is 12.7. The maximum absolute atomic E-state index is 12.7. The maximum Gasteiger partial charge on any atom is 0.265 e. The summed E-state index contributed by atoms with van der Waals surface area (Å²) in [6, 6.07) is 9.80. The molecular weight excluding hydrogens is 394 g/mol. The van der Waals surface area contributed by atoms with Crippen molar-refractivity contribution in [3.8, 4) is 23.6 Å². The number of halogens is 2. The topological polar surface area (TPSA) is 107 Å². The Hall–Kier alpha value is -4.20. The predicted octanol–water partition coefficient (Wildman–Crippen LogP) is 2.94. The molecule has 0 atom stereocenters. The molecule has 0 radical (unpaired) electrons. The average molecular weight is 408 g/mol. The molecule has 0 aliphatic rings. The molecule has 0 fully saturated rings. The molecule has 4 aromatic rings. The Morgan fingerprint density at radius 1 is 1.10 bits per heavy atom. The van der Waals surface area contributed by atoms with Crippen LogP contribution in [0.3, 0.4) is 0 Å². The van der Waals surface area contributed by atoms with Crippen molar-refractivity contribution >= 4 is 0 Å². The highest BCUT2D eigenvalue weighted by Gasteiger charge is 2.15. The lowest BCUT2D eigenvalue weighted by Crippen LogP contribution is -2.09. The van der Waals surface area contributed by atoms with Gasteiger partial charge in [0.25, 0.3) is 6.43 Å². The molecule has 0 aliphatic carbocycles. The SMILES string of the molecule is Cc1nnn(-c2ccc(C(F)F)cn2)c1COc1ccc(-n2ccc(C#N)c2)nn1. The van der Waals surface area contributed by atoms with E-state index in [0.29, 0.717) is 28.6 Å². The van der Waals surface area contributed by atoms with Crippen LogP contribution in [0.5, 0.6) is 5.88 Å². The van der Waals surface area contributed by atoms with Gasteiger partial charge in [-0.25, -0.2) is 13.8 Å². The summed E-state index contributed by atoms with van der Waals surface area (Å²) < 4.78 is 34.2. The molecule has 0 unspecified atom stereocenters. The van der Waals surface area contributed by atoms with E-state index in [9.17, 15) is 8.78 Å². The van der Waals surface area contributed by atoms with Gasteiger partial charge in [0.2, 0.25) is 5.88 Å².